The molecule has 1 aromatic carbocycles. The lowest BCUT2D eigenvalue weighted by atomic mass is 9.96. The monoisotopic (exact) mass is 479 g/mol. The van der Waals surface area contributed by atoms with Crippen LogP contribution < -0.4 is 5.32 Å². The first-order valence-corrected chi connectivity index (χ1v) is 13.3. The van der Waals surface area contributed by atoms with Gasteiger partial charge in [0.1, 0.15) is 0 Å². The number of piperidine rings is 1. The number of nitrogens with one attached hydrogen (secondary N) is 1. The van der Waals surface area contributed by atoms with Gasteiger partial charge < -0.3 is 10.1 Å². The summed E-state index contributed by atoms with van der Waals surface area (Å²) in [5, 5.41) is 3.14. The van der Waals surface area contributed by atoms with E-state index >= 15 is 0 Å². The molecule has 33 heavy (non-hydrogen) atoms. The quantitative estimate of drug-likeness (QED) is 0.546. The summed E-state index contributed by atoms with van der Waals surface area (Å²) in [6, 6.07) is 6.32. The molecule has 0 radical (unpaired) electrons. The summed E-state index contributed by atoms with van der Waals surface area (Å²) >= 11 is 0. The van der Waals surface area contributed by atoms with Crippen LogP contribution in [0.15, 0.2) is 29.2 Å². The number of morpholine rings is 1. The van der Waals surface area contributed by atoms with Gasteiger partial charge in [0, 0.05) is 50.2 Å². The predicted octanol–water partition coefficient (Wildman–Crippen LogP) is 2.15. The summed E-state index contributed by atoms with van der Waals surface area (Å²) in [6.45, 7) is 10.3. The van der Waals surface area contributed by atoms with Crippen molar-refractivity contribution in [1.29, 1.82) is 0 Å². The first-order chi connectivity index (χ1) is 15.7. The van der Waals surface area contributed by atoms with Gasteiger partial charge in [-0.2, -0.15) is 4.31 Å². The van der Waals surface area contributed by atoms with E-state index in [9.17, 15) is 18.0 Å². The number of carbonyl (C=O) groups is 2. The van der Waals surface area contributed by atoms with Crippen molar-refractivity contribution in [3.8, 4) is 0 Å². The summed E-state index contributed by atoms with van der Waals surface area (Å²) in [5.74, 6) is 0.267. The molecule has 0 aliphatic carbocycles. The number of Topliss-reactive ketones (excluding diaryl/α,β-unsaturated/α-hetero) is 1. The minimum absolute atomic E-state index is 0.0138. The van der Waals surface area contributed by atoms with Crippen molar-refractivity contribution in [3.63, 3.8) is 0 Å². The van der Waals surface area contributed by atoms with Gasteiger partial charge in [-0.05, 0) is 44.2 Å². The maximum atomic E-state index is 13.0. The van der Waals surface area contributed by atoms with Crippen LogP contribution in [0.25, 0.3) is 0 Å². The van der Waals surface area contributed by atoms with Crippen LogP contribution >= 0.6 is 0 Å². The fourth-order valence-electron chi connectivity index (χ4n) is 4.58. The molecule has 2 fully saturated rings. The summed E-state index contributed by atoms with van der Waals surface area (Å²) in [7, 11) is -3.64. The molecule has 1 amide bonds. The van der Waals surface area contributed by atoms with Gasteiger partial charge in [0.25, 0.3) is 0 Å². The third-order valence-electron chi connectivity index (χ3n) is 6.54. The molecule has 1 N–H and O–H groups in total. The highest BCUT2D eigenvalue weighted by molar-refractivity contribution is 7.89. The number of ketones is 1. The largest absolute Gasteiger partial charge is 0.379 e. The van der Waals surface area contributed by atoms with E-state index in [1.54, 1.807) is 0 Å². The minimum atomic E-state index is -3.64. The van der Waals surface area contributed by atoms with Gasteiger partial charge in [-0.1, -0.05) is 26.0 Å². The van der Waals surface area contributed by atoms with E-state index < -0.39 is 10.0 Å². The average Bonchev–Trinajstić information content (AvgIpc) is 2.82. The van der Waals surface area contributed by atoms with Gasteiger partial charge in [-0.3, -0.25) is 14.5 Å². The number of ether oxygens (including phenoxy) is 1. The molecule has 9 heteroatoms. The molecule has 1 atom stereocenters. The number of carbonyl (C=O) groups excluding carboxylic acids is 2. The summed E-state index contributed by atoms with van der Waals surface area (Å²) in [4.78, 5) is 26.9. The van der Waals surface area contributed by atoms with Crippen molar-refractivity contribution in [2.24, 2.45) is 11.8 Å². The number of nitrogens with zero attached hydrogens (tertiary/aromatic N) is 2. The van der Waals surface area contributed by atoms with Crippen LogP contribution in [0.3, 0.4) is 0 Å². The molecule has 3 rings (SSSR count). The molecule has 1 aromatic rings. The van der Waals surface area contributed by atoms with Crippen LogP contribution in [0, 0.1) is 11.8 Å². The number of hydrogen-bond acceptors (Lipinski definition) is 6. The van der Waals surface area contributed by atoms with Gasteiger partial charge in [0.15, 0.2) is 5.78 Å². The van der Waals surface area contributed by atoms with E-state index in [4.69, 9.17) is 4.74 Å². The van der Waals surface area contributed by atoms with E-state index in [1.165, 1.54) is 35.5 Å². The molecule has 2 aliphatic heterocycles. The topological polar surface area (TPSA) is 96.0 Å². The van der Waals surface area contributed by atoms with Crippen molar-refractivity contribution in [2.75, 3.05) is 45.9 Å². The Morgan fingerprint density at radius 2 is 1.67 bits per heavy atom. The molecule has 184 valence electrons. The normalized spacial score (nSPS) is 20.0. The Morgan fingerprint density at radius 3 is 2.21 bits per heavy atom. The Morgan fingerprint density at radius 1 is 1.06 bits per heavy atom. The molecule has 2 aliphatic rings. The molecule has 0 aromatic heterocycles. The predicted molar refractivity (Wildman–Crippen MR) is 127 cm³/mol. The third kappa shape index (κ3) is 6.85. The van der Waals surface area contributed by atoms with Crippen molar-refractivity contribution in [3.05, 3.63) is 29.8 Å². The highest BCUT2D eigenvalue weighted by Crippen LogP contribution is 2.24. The minimum Gasteiger partial charge on any atom is -0.379 e. The van der Waals surface area contributed by atoms with Crippen molar-refractivity contribution in [1.82, 2.24) is 14.5 Å². The van der Waals surface area contributed by atoms with E-state index in [1.807, 2.05) is 0 Å². The molecule has 8 nitrogen and oxygen atoms in total. The van der Waals surface area contributed by atoms with Crippen LogP contribution in [-0.2, 0) is 19.6 Å². The fraction of sp³-hybridized carbons (Fsp3) is 0.667. The van der Waals surface area contributed by atoms with Crippen LogP contribution in [0.4, 0.5) is 0 Å². The second-order valence-corrected chi connectivity index (χ2v) is 11.4. The van der Waals surface area contributed by atoms with E-state index in [-0.39, 0.29) is 28.5 Å². The maximum Gasteiger partial charge on any atom is 0.243 e. The molecule has 1 unspecified atom stereocenters. The molecule has 0 bridgehead atoms. The SMILES string of the molecule is CC(=O)c1ccc(S(=O)(=O)N2CCC(C(=O)NCC(CC(C)C)N3CCOCC3)CC2)cc1. The van der Waals surface area contributed by atoms with E-state index in [2.05, 4.69) is 24.1 Å². The molecule has 2 saturated heterocycles. The van der Waals surface area contributed by atoms with Gasteiger partial charge in [-0.25, -0.2) is 8.42 Å². The summed E-state index contributed by atoms with van der Waals surface area (Å²) in [6.07, 6.45) is 2.02. The molecule has 2 heterocycles. The Bertz CT molecular complexity index is 903. The third-order valence-corrected chi connectivity index (χ3v) is 8.45. The van der Waals surface area contributed by atoms with Crippen LogP contribution in [0.5, 0.6) is 0 Å². The second-order valence-electron chi connectivity index (χ2n) is 9.44. The Labute approximate surface area is 197 Å². The maximum absolute atomic E-state index is 13.0. The van der Waals surface area contributed by atoms with Crippen molar-refractivity contribution < 1.29 is 22.7 Å². The first-order valence-electron chi connectivity index (χ1n) is 11.9. The highest BCUT2D eigenvalue weighted by Gasteiger charge is 2.32. The Balaban J connectivity index is 1.52. The van der Waals surface area contributed by atoms with Gasteiger partial charge in [-0.15, -0.1) is 0 Å². The number of hydrogen-bond donors (Lipinski definition) is 1. The van der Waals surface area contributed by atoms with E-state index in [0.717, 1.165) is 32.7 Å². The Hall–Kier alpha value is -1.81. The van der Waals surface area contributed by atoms with Crippen LogP contribution in [-0.4, -0.2) is 81.3 Å². The molecule has 0 saturated carbocycles. The Kier molecular flexibility index (Phi) is 9.03. The fourth-order valence-corrected chi connectivity index (χ4v) is 6.05. The van der Waals surface area contributed by atoms with Crippen LogP contribution in [0.1, 0.15) is 50.4 Å². The zero-order valence-electron chi connectivity index (χ0n) is 20.0. The number of rotatable bonds is 9. The van der Waals surface area contributed by atoms with E-state index in [0.29, 0.717) is 44.0 Å². The van der Waals surface area contributed by atoms with Crippen molar-refractivity contribution >= 4 is 21.7 Å². The van der Waals surface area contributed by atoms with Gasteiger partial charge in [0.2, 0.25) is 15.9 Å². The second kappa shape index (κ2) is 11.6. The smallest absolute Gasteiger partial charge is 0.243 e. The molecule has 0 spiro atoms. The van der Waals surface area contributed by atoms with Gasteiger partial charge >= 0.3 is 0 Å². The lowest BCUT2D eigenvalue weighted by Crippen LogP contribution is -2.50. The lowest BCUT2D eigenvalue weighted by molar-refractivity contribution is -0.126. The average molecular weight is 480 g/mol. The van der Waals surface area contributed by atoms with Crippen LogP contribution in [0.2, 0.25) is 0 Å². The standard InChI is InChI=1S/C24H37N3O5S/c1-18(2)16-22(26-12-14-32-15-13-26)17-25-24(29)21-8-10-27(11-9-21)33(30,31)23-6-4-20(5-7-23)19(3)28/h4-7,18,21-22H,8-17H2,1-3H3,(H,25,29). The number of benzene rings is 1. The van der Waals surface area contributed by atoms with Crippen molar-refractivity contribution in [2.45, 2.75) is 51.0 Å². The highest BCUT2D eigenvalue weighted by atomic mass is 32.2. The van der Waals surface area contributed by atoms with Gasteiger partial charge in [0.05, 0.1) is 18.1 Å². The zero-order chi connectivity index (χ0) is 24.0. The summed E-state index contributed by atoms with van der Waals surface area (Å²) in [5.41, 5.74) is 0.483. The molecular weight excluding hydrogens is 442 g/mol. The molecular formula is C24H37N3O5S. The summed E-state index contributed by atoms with van der Waals surface area (Å²) < 4.78 is 32.8. The first kappa shape index (κ1) is 25.8. The number of sulfonamides is 1. The lowest BCUT2D eigenvalue weighted by Gasteiger charge is -2.36. The zero-order valence-corrected chi connectivity index (χ0v) is 20.8. The number of amides is 1.